The quantitative estimate of drug-likeness (QED) is 0.883. The van der Waals surface area contributed by atoms with Crippen molar-refractivity contribution >= 4 is 11.6 Å². The molecule has 0 amide bonds. The van der Waals surface area contributed by atoms with Crippen LogP contribution in [0.15, 0.2) is 12.1 Å². The lowest BCUT2D eigenvalue weighted by Crippen LogP contribution is -2.30. The molecule has 2 rings (SSSR count). The lowest BCUT2D eigenvalue weighted by atomic mass is 9.92. The number of hydrogen-bond donors (Lipinski definition) is 1. The normalized spacial score (nSPS) is 26.2. The molecule has 4 heteroatoms. The Bertz CT molecular complexity index is 424. The predicted octanol–water partition coefficient (Wildman–Crippen LogP) is 3.21. The monoisotopic (exact) mass is 257 g/mol. The molecular weight excluding hydrogens is 241 g/mol. The summed E-state index contributed by atoms with van der Waals surface area (Å²) in [5.74, 6) is 0.109. The fraction of sp³-hybridized carbons (Fsp3) is 0.538. The summed E-state index contributed by atoms with van der Waals surface area (Å²) in [4.78, 5) is 0. The fourth-order valence-corrected chi connectivity index (χ4v) is 2.56. The van der Waals surface area contributed by atoms with E-state index < -0.39 is 0 Å². The minimum Gasteiger partial charge on any atom is -0.376 e. The molecule has 1 aromatic carbocycles. The summed E-state index contributed by atoms with van der Waals surface area (Å²) in [5, 5.41) is 0.378. The van der Waals surface area contributed by atoms with E-state index in [1.165, 1.54) is 6.07 Å². The smallest absolute Gasteiger partial charge is 0.127 e. The first kappa shape index (κ1) is 12.8. The number of ether oxygens (including phenoxy) is 1. The third-order valence-corrected chi connectivity index (χ3v) is 3.76. The highest BCUT2D eigenvalue weighted by Crippen LogP contribution is 2.33. The van der Waals surface area contributed by atoms with Crippen LogP contribution >= 0.6 is 11.6 Å². The summed E-state index contributed by atoms with van der Waals surface area (Å²) >= 11 is 6.05. The largest absolute Gasteiger partial charge is 0.376 e. The Hall–Kier alpha value is -0.640. The Morgan fingerprint density at radius 1 is 1.53 bits per heavy atom. The standard InChI is InChI=1S/C13H17ClFNO/c1-7-3-4-17-13(7)12(16)9-5-8(2)11(15)6-10(9)14/h5-7,12-13H,3-4,16H2,1-2H3. The lowest BCUT2D eigenvalue weighted by Gasteiger charge is -2.24. The van der Waals surface area contributed by atoms with E-state index in [0.29, 0.717) is 16.5 Å². The van der Waals surface area contributed by atoms with E-state index in [-0.39, 0.29) is 18.0 Å². The number of nitrogens with two attached hydrogens (primary N) is 1. The summed E-state index contributed by atoms with van der Waals surface area (Å²) in [7, 11) is 0. The van der Waals surface area contributed by atoms with E-state index in [0.717, 1.165) is 18.6 Å². The van der Waals surface area contributed by atoms with Crippen LogP contribution in [0.25, 0.3) is 0 Å². The van der Waals surface area contributed by atoms with Gasteiger partial charge in [-0.05, 0) is 36.5 Å². The summed E-state index contributed by atoms with van der Waals surface area (Å²) in [5.41, 5.74) is 7.51. The van der Waals surface area contributed by atoms with Crippen LogP contribution in [0.4, 0.5) is 4.39 Å². The molecule has 1 aromatic rings. The summed E-state index contributed by atoms with van der Waals surface area (Å²) in [6.07, 6.45) is 0.980. The highest BCUT2D eigenvalue weighted by molar-refractivity contribution is 6.31. The third kappa shape index (κ3) is 2.46. The minimum atomic E-state index is -0.300. The Morgan fingerprint density at radius 2 is 2.24 bits per heavy atom. The van der Waals surface area contributed by atoms with E-state index in [1.807, 2.05) is 0 Å². The Kier molecular flexibility index (Phi) is 3.71. The van der Waals surface area contributed by atoms with Gasteiger partial charge in [0, 0.05) is 11.6 Å². The molecule has 0 radical (unpaired) electrons. The molecular formula is C13H17ClFNO. The van der Waals surface area contributed by atoms with Crippen LogP contribution in [0.2, 0.25) is 5.02 Å². The molecule has 0 aromatic heterocycles. The molecule has 3 unspecified atom stereocenters. The molecule has 2 N–H and O–H groups in total. The average Bonchev–Trinajstić information content (AvgIpc) is 2.69. The first-order chi connectivity index (χ1) is 8.00. The van der Waals surface area contributed by atoms with Crippen molar-refractivity contribution in [2.24, 2.45) is 11.7 Å². The molecule has 94 valence electrons. The number of hydrogen-bond acceptors (Lipinski definition) is 2. The third-order valence-electron chi connectivity index (χ3n) is 3.44. The Morgan fingerprint density at radius 3 is 2.82 bits per heavy atom. The van der Waals surface area contributed by atoms with Crippen molar-refractivity contribution in [1.29, 1.82) is 0 Å². The highest BCUT2D eigenvalue weighted by atomic mass is 35.5. The van der Waals surface area contributed by atoms with Gasteiger partial charge in [0.25, 0.3) is 0 Å². The Balaban J connectivity index is 2.30. The second-order valence-corrected chi connectivity index (χ2v) is 5.16. The van der Waals surface area contributed by atoms with Crippen LogP contribution < -0.4 is 5.73 Å². The average molecular weight is 258 g/mol. The van der Waals surface area contributed by atoms with Crippen LogP contribution in [-0.4, -0.2) is 12.7 Å². The van der Waals surface area contributed by atoms with Gasteiger partial charge in [-0.2, -0.15) is 0 Å². The SMILES string of the molecule is Cc1cc(C(N)C2OCCC2C)c(Cl)cc1F. The van der Waals surface area contributed by atoms with Crippen LogP contribution in [0.1, 0.15) is 30.5 Å². The zero-order valence-electron chi connectivity index (χ0n) is 10.0. The van der Waals surface area contributed by atoms with Gasteiger partial charge in [0.05, 0.1) is 12.1 Å². The van der Waals surface area contributed by atoms with Crippen LogP contribution in [0, 0.1) is 18.7 Å². The van der Waals surface area contributed by atoms with Gasteiger partial charge in [0.2, 0.25) is 0 Å². The molecule has 1 heterocycles. The lowest BCUT2D eigenvalue weighted by molar-refractivity contribution is 0.0725. The van der Waals surface area contributed by atoms with E-state index in [9.17, 15) is 4.39 Å². The molecule has 1 aliphatic heterocycles. The minimum absolute atomic E-state index is 0.0302. The second kappa shape index (κ2) is 4.92. The van der Waals surface area contributed by atoms with Crippen molar-refractivity contribution in [2.45, 2.75) is 32.4 Å². The van der Waals surface area contributed by atoms with Gasteiger partial charge >= 0.3 is 0 Å². The van der Waals surface area contributed by atoms with Gasteiger partial charge < -0.3 is 10.5 Å². The first-order valence-electron chi connectivity index (χ1n) is 5.83. The van der Waals surface area contributed by atoms with Crippen LogP contribution in [0.3, 0.4) is 0 Å². The first-order valence-corrected chi connectivity index (χ1v) is 6.21. The molecule has 0 bridgehead atoms. The van der Waals surface area contributed by atoms with Crippen LogP contribution in [0.5, 0.6) is 0 Å². The maximum absolute atomic E-state index is 13.3. The maximum Gasteiger partial charge on any atom is 0.127 e. The second-order valence-electron chi connectivity index (χ2n) is 4.75. The fourth-order valence-electron chi connectivity index (χ4n) is 2.29. The van der Waals surface area contributed by atoms with Crippen molar-refractivity contribution in [3.05, 3.63) is 34.1 Å². The molecule has 17 heavy (non-hydrogen) atoms. The highest BCUT2D eigenvalue weighted by Gasteiger charge is 2.32. The summed E-state index contributed by atoms with van der Waals surface area (Å²) in [6.45, 7) is 4.56. The van der Waals surface area contributed by atoms with Crippen molar-refractivity contribution in [3.8, 4) is 0 Å². The van der Waals surface area contributed by atoms with Gasteiger partial charge in [-0.25, -0.2) is 4.39 Å². The number of rotatable bonds is 2. The number of benzene rings is 1. The zero-order chi connectivity index (χ0) is 12.6. The van der Waals surface area contributed by atoms with Gasteiger partial charge in [-0.3, -0.25) is 0 Å². The molecule has 2 nitrogen and oxygen atoms in total. The Labute approximate surface area is 106 Å². The maximum atomic E-state index is 13.3. The van der Waals surface area contributed by atoms with Gasteiger partial charge in [-0.15, -0.1) is 0 Å². The van der Waals surface area contributed by atoms with E-state index in [2.05, 4.69) is 6.92 Å². The van der Waals surface area contributed by atoms with Crippen molar-refractivity contribution in [1.82, 2.24) is 0 Å². The molecule has 1 fully saturated rings. The molecule has 3 atom stereocenters. The molecule has 1 aliphatic rings. The van der Waals surface area contributed by atoms with Crippen molar-refractivity contribution < 1.29 is 9.13 Å². The summed E-state index contributed by atoms with van der Waals surface area (Å²) < 4.78 is 18.9. The van der Waals surface area contributed by atoms with Gasteiger partial charge in [0.15, 0.2) is 0 Å². The molecule has 0 saturated carbocycles. The van der Waals surface area contributed by atoms with Crippen molar-refractivity contribution in [3.63, 3.8) is 0 Å². The molecule has 1 saturated heterocycles. The topological polar surface area (TPSA) is 35.2 Å². The molecule has 0 spiro atoms. The van der Waals surface area contributed by atoms with E-state index in [1.54, 1.807) is 13.0 Å². The zero-order valence-corrected chi connectivity index (χ0v) is 10.8. The van der Waals surface area contributed by atoms with E-state index >= 15 is 0 Å². The van der Waals surface area contributed by atoms with Crippen LogP contribution in [-0.2, 0) is 4.74 Å². The van der Waals surface area contributed by atoms with Gasteiger partial charge in [0.1, 0.15) is 5.82 Å². The predicted molar refractivity (Wildman–Crippen MR) is 66.6 cm³/mol. The number of aryl methyl sites for hydroxylation is 1. The van der Waals surface area contributed by atoms with Gasteiger partial charge in [-0.1, -0.05) is 24.6 Å². The summed E-state index contributed by atoms with van der Waals surface area (Å²) in [6, 6.07) is 2.75. The molecule has 0 aliphatic carbocycles. The number of halogens is 2. The van der Waals surface area contributed by atoms with Crippen molar-refractivity contribution in [2.75, 3.05) is 6.61 Å². The van der Waals surface area contributed by atoms with E-state index in [4.69, 9.17) is 22.1 Å².